The van der Waals surface area contributed by atoms with Crippen molar-refractivity contribution in [2.45, 2.75) is 30.4 Å². The molecule has 9 N–H and O–H groups in total. The molecule has 1 unspecified atom stereocenters. The van der Waals surface area contributed by atoms with Crippen LogP contribution in [0.4, 0.5) is 0 Å². The summed E-state index contributed by atoms with van der Waals surface area (Å²) < 4.78 is 16.1. The Balaban J connectivity index is 1.92. The average Bonchev–Trinajstić information content (AvgIpc) is 2.77. The molecule has 12 nitrogen and oxygen atoms in total. The van der Waals surface area contributed by atoms with Crippen LogP contribution in [0.15, 0.2) is 40.8 Å². The van der Waals surface area contributed by atoms with E-state index in [1.165, 1.54) is 12.1 Å². The number of ether oxygens (including phenoxy) is 2. The number of aliphatic hydroxyl groups excluding tert-OH is 4. The molecule has 4 rings (SSSR count). The van der Waals surface area contributed by atoms with Gasteiger partial charge in [-0.15, -0.1) is 0 Å². The van der Waals surface area contributed by atoms with Crippen LogP contribution in [0.2, 0.25) is 0 Å². The first-order valence-electron chi connectivity index (χ1n) is 9.62. The maximum absolute atomic E-state index is 11.0. The smallest absolute Gasteiger partial charge is 0.402 e. The molecule has 0 radical (unpaired) electrons. The van der Waals surface area contributed by atoms with Gasteiger partial charge in [0.05, 0.1) is 18.2 Å². The lowest BCUT2D eigenvalue weighted by molar-refractivity contribution is -0.371. The number of phenolic OH excluding ortho intramolecular Hbond substituents is 4. The molecule has 0 bridgehead atoms. The van der Waals surface area contributed by atoms with Gasteiger partial charge >= 0.3 is 11.3 Å². The van der Waals surface area contributed by atoms with Crippen molar-refractivity contribution in [1.82, 2.24) is 0 Å². The van der Waals surface area contributed by atoms with Gasteiger partial charge in [-0.25, -0.2) is 4.42 Å². The molecule has 1 fully saturated rings. The molecule has 0 spiro atoms. The van der Waals surface area contributed by atoms with Gasteiger partial charge in [0.25, 0.3) is 5.79 Å². The predicted octanol–water partition coefficient (Wildman–Crippen LogP) is -0.298. The van der Waals surface area contributed by atoms with E-state index in [-0.39, 0.29) is 33.8 Å². The SMILES string of the molecule is OC[C@H]1OC(O)[C@H](O)[C@](O)(Oc2cc3c(O)cc(O)cc3[o+]c2-c2ccc(O)c(O)c2)[C@@H]1O. The third-order valence-electron chi connectivity index (χ3n) is 5.29. The molecule has 1 aromatic heterocycles. The van der Waals surface area contributed by atoms with Crippen LogP contribution in [-0.2, 0) is 4.74 Å². The highest BCUT2D eigenvalue weighted by molar-refractivity contribution is 5.88. The number of aromatic hydroxyl groups is 4. The van der Waals surface area contributed by atoms with Crippen molar-refractivity contribution in [3.8, 4) is 40.1 Å². The quantitative estimate of drug-likeness (QED) is 0.138. The Bertz CT molecular complexity index is 1200. The molecule has 0 amide bonds. The fourth-order valence-corrected chi connectivity index (χ4v) is 3.54. The minimum atomic E-state index is -2.92. The molecule has 1 saturated heterocycles. The lowest BCUT2D eigenvalue weighted by atomic mass is 9.94. The zero-order chi connectivity index (χ0) is 24.1. The van der Waals surface area contributed by atoms with Gasteiger partial charge in [-0.1, -0.05) is 0 Å². The van der Waals surface area contributed by atoms with Gasteiger partial charge in [0.15, 0.2) is 30.0 Å². The fourth-order valence-electron chi connectivity index (χ4n) is 3.54. The number of phenols is 4. The summed E-state index contributed by atoms with van der Waals surface area (Å²) in [6.45, 7) is -0.836. The lowest BCUT2D eigenvalue weighted by Gasteiger charge is -2.45. The number of fused-ring (bicyclic) bond motifs is 1. The second kappa shape index (κ2) is 8.19. The maximum atomic E-state index is 11.0. The van der Waals surface area contributed by atoms with Gasteiger partial charge < -0.3 is 55.4 Å². The Morgan fingerprint density at radius 3 is 2.30 bits per heavy atom. The molecule has 3 aromatic rings. The van der Waals surface area contributed by atoms with Crippen molar-refractivity contribution in [1.29, 1.82) is 0 Å². The summed E-state index contributed by atoms with van der Waals surface area (Å²) in [5, 5.41) is 90.6. The largest absolute Gasteiger partial charge is 0.507 e. The minimum Gasteiger partial charge on any atom is -0.507 e. The highest BCUT2D eigenvalue weighted by Crippen LogP contribution is 2.43. The van der Waals surface area contributed by atoms with Gasteiger partial charge in [0.2, 0.25) is 5.75 Å². The first kappa shape index (κ1) is 22.8. The lowest BCUT2D eigenvalue weighted by Crippen LogP contribution is -2.69. The van der Waals surface area contributed by atoms with Gasteiger partial charge in [0.1, 0.15) is 23.0 Å². The van der Waals surface area contributed by atoms with E-state index in [4.69, 9.17) is 13.9 Å². The second-order valence-corrected chi connectivity index (χ2v) is 7.51. The van der Waals surface area contributed by atoms with Crippen molar-refractivity contribution in [2.75, 3.05) is 6.61 Å². The van der Waals surface area contributed by atoms with E-state index >= 15 is 0 Å². The Morgan fingerprint density at radius 1 is 0.909 bits per heavy atom. The molecule has 33 heavy (non-hydrogen) atoms. The van der Waals surface area contributed by atoms with Crippen LogP contribution >= 0.6 is 0 Å². The van der Waals surface area contributed by atoms with Crippen LogP contribution in [0.3, 0.4) is 0 Å². The van der Waals surface area contributed by atoms with Gasteiger partial charge in [0, 0.05) is 18.2 Å². The van der Waals surface area contributed by atoms with Gasteiger partial charge in [-0.3, -0.25) is 0 Å². The average molecular weight is 465 g/mol. The normalized spacial score (nSPS) is 27.5. The van der Waals surface area contributed by atoms with Crippen molar-refractivity contribution in [3.63, 3.8) is 0 Å². The summed E-state index contributed by atoms with van der Waals surface area (Å²) >= 11 is 0. The highest BCUT2D eigenvalue weighted by atomic mass is 16.7. The number of hydrogen-bond acceptors (Lipinski definition) is 11. The fraction of sp³-hybridized carbons (Fsp3) is 0.286. The Kier molecular flexibility index (Phi) is 5.66. The predicted molar refractivity (Wildman–Crippen MR) is 108 cm³/mol. The summed E-state index contributed by atoms with van der Waals surface area (Å²) in [6.07, 6.45) is -7.83. The molecule has 5 atom stereocenters. The van der Waals surface area contributed by atoms with Crippen LogP contribution in [-0.4, -0.2) is 83.0 Å². The number of aliphatic hydroxyl groups is 5. The number of rotatable bonds is 4. The molecule has 0 saturated carbocycles. The van der Waals surface area contributed by atoms with Crippen molar-refractivity contribution < 1.29 is 59.8 Å². The molecule has 0 aliphatic carbocycles. The molecule has 176 valence electrons. The van der Waals surface area contributed by atoms with Crippen LogP contribution in [0.25, 0.3) is 22.3 Å². The molecule has 2 heterocycles. The van der Waals surface area contributed by atoms with E-state index in [9.17, 15) is 46.0 Å². The van der Waals surface area contributed by atoms with Crippen LogP contribution < -0.4 is 4.74 Å². The molecule has 12 heteroatoms. The zero-order valence-corrected chi connectivity index (χ0v) is 16.7. The topological polar surface area (TPSA) is 212 Å². The molecular weight excluding hydrogens is 444 g/mol. The van der Waals surface area contributed by atoms with Crippen LogP contribution in [0.1, 0.15) is 0 Å². The standard InChI is InChI=1S/C21H20O12/c22-7-16-18(27)21(30,19(28)20(29)32-16)33-15-6-10-12(25)4-9(23)5-14(10)31-17(15)8-1-2-11(24)13(26)3-8/h1-6,16,18-20,22,27-30H,7H2,(H3-,23,24,25,26)/p+1/t16-,18-,19+,20?,21-/m1/s1. The van der Waals surface area contributed by atoms with E-state index in [1.54, 1.807) is 0 Å². The van der Waals surface area contributed by atoms with E-state index in [0.717, 1.165) is 24.3 Å². The van der Waals surface area contributed by atoms with Crippen LogP contribution in [0, 0.1) is 0 Å². The van der Waals surface area contributed by atoms with E-state index in [0.29, 0.717) is 0 Å². The Hall–Kier alpha value is -3.39. The van der Waals surface area contributed by atoms with Crippen molar-refractivity contribution in [2.24, 2.45) is 0 Å². The van der Waals surface area contributed by atoms with Crippen molar-refractivity contribution >= 4 is 11.0 Å². The summed E-state index contributed by atoms with van der Waals surface area (Å²) in [5.41, 5.74) is 0.0414. The second-order valence-electron chi connectivity index (χ2n) is 7.51. The van der Waals surface area contributed by atoms with E-state index in [2.05, 4.69) is 0 Å². The third kappa shape index (κ3) is 3.84. The van der Waals surface area contributed by atoms with Crippen LogP contribution in [0.5, 0.6) is 28.7 Å². The third-order valence-corrected chi connectivity index (χ3v) is 5.29. The van der Waals surface area contributed by atoms with E-state index in [1.807, 2.05) is 0 Å². The minimum absolute atomic E-state index is 0.00607. The first-order chi connectivity index (χ1) is 15.5. The van der Waals surface area contributed by atoms with E-state index < -0.39 is 54.2 Å². The summed E-state index contributed by atoms with van der Waals surface area (Å²) in [6, 6.07) is 6.85. The first-order valence-corrected chi connectivity index (χ1v) is 9.62. The van der Waals surface area contributed by atoms with Gasteiger partial charge in [-0.05, 0) is 12.1 Å². The maximum Gasteiger partial charge on any atom is 0.402 e. The Morgan fingerprint density at radius 2 is 1.64 bits per heavy atom. The highest BCUT2D eigenvalue weighted by Gasteiger charge is 2.58. The summed E-state index contributed by atoms with van der Waals surface area (Å²) in [4.78, 5) is 0. The monoisotopic (exact) mass is 465 g/mol. The molecule has 1 aliphatic heterocycles. The zero-order valence-electron chi connectivity index (χ0n) is 16.7. The molecule has 1 aliphatic rings. The number of benzene rings is 2. The summed E-state index contributed by atoms with van der Waals surface area (Å²) in [5.74, 6) is -5.29. The van der Waals surface area contributed by atoms with Crippen molar-refractivity contribution in [3.05, 3.63) is 36.4 Å². The number of hydrogen-bond donors (Lipinski definition) is 9. The summed E-state index contributed by atoms with van der Waals surface area (Å²) in [7, 11) is 0. The Labute approximate surface area is 185 Å². The van der Waals surface area contributed by atoms with Gasteiger partial charge in [-0.2, -0.15) is 0 Å². The molecular formula is C21H21O12+. The molecule has 2 aromatic carbocycles.